The molecule has 0 fully saturated rings. The zero-order valence-electron chi connectivity index (χ0n) is 13.3. The lowest BCUT2D eigenvalue weighted by Gasteiger charge is -2.28. The molecule has 1 atom stereocenters. The third kappa shape index (κ3) is 4.48. The number of benzene rings is 1. The molecule has 2 rings (SSSR count). The SMILES string of the molecule is CCCCCOC(=O)C1=C(C)NC(=O)N[C@H]1c1ccc(Cl)cc1. The average Bonchev–Trinajstić information content (AvgIpc) is 2.51. The maximum absolute atomic E-state index is 12.4. The monoisotopic (exact) mass is 336 g/mol. The van der Waals surface area contributed by atoms with Gasteiger partial charge in [0.1, 0.15) is 0 Å². The third-order valence-corrected chi connectivity index (χ3v) is 3.93. The molecule has 1 aromatic rings. The molecule has 0 spiro atoms. The smallest absolute Gasteiger partial charge is 0.338 e. The number of allylic oxidation sites excluding steroid dienone is 1. The predicted octanol–water partition coefficient (Wildman–Crippen LogP) is 3.70. The van der Waals surface area contributed by atoms with E-state index in [0.717, 1.165) is 24.8 Å². The van der Waals surface area contributed by atoms with Crippen LogP contribution >= 0.6 is 11.6 Å². The molecule has 23 heavy (non-hydrogen) atoms. The highest BCUT2D eigenvalue weighted by Gasteiger charge is 2.32. The fourth-order valence-corrected chi connectivity index (χ4v) is 2.59. The Morgan fingerprint density at radius 3 is 2.61 bits per heavy atom. The number of rotatable bonds is 6. The molecule has 0 radical (unpaired) electrons. The van der Waals surface area contributed by atoms with E-state index in [1.165, 1.54) is 0 Å². The summed E-state index contributed by atoms with van der Waals surface area (Å²) < 4.78 is 5.35. The van der Waals surface area contributed by atoms with E-state index < -0.39 is 12.0 Å². The van der Waals surface area contributed by atoms with Gasteiger partial charge in [0.05, 0.1) is 18.2 Å². The van der Waals surface area contributed by atoms with Crippen LogP contribution in [0, 0.1) is 0 Å². The summed E-state index contributed by atoms with van der Waals surface area (Å²) in [6.45, 7) is 4.17. The molecule has 0 aliphatic carbocycles. The second-order valence-electron chi connectivity index (χ2n) is 5.46. The molecule has 124 valence electrons. The van der Waals surface area contributed by atoms with E-state index in [1.807, 2.05) is 0 Å². The molecule has 2 amide bonds. The lowest BCUT2D eigenvalue weighted by atomic mass is 9.95. The van der Waals surface area contributed by atoms with Crippen molar-refractivity contribution in [2.24, 2.45) is 0 Å². The number of ether oxygens (including phenoxy) is 1. The van der Waals surface area contributed by atoms with Gasteiger partial charge in [-0.25, -0.2) is 9.59 Å². The van der Waals surface area contributed by atoms with Crippen LogP contribution in [0.3, 0.4) is 0 Å². The van der Waals surface area contributed by atoms with Gasteiger partial charge in [0.15, 0.2) is 0 Å². The van der Waals surface area contributed by atoms with Gasteiger partial charge in [-0.3, -0.25) is 0 Å². The first-order valence-electron chi connectivity index (χ1n) is 7.73. The van der Waals surface area contributed by atoms with Crippen LogP contribution in [0.4, 0.5) is 4.79 Å². The van der Waals surface area contributed by atoms with Crippen LogP contribution < -0.4 is 10.6 Å². The van der Waals surface area contributed by atoms with Crippen LogP contribution in [0.25, 0.3) is 0 Å². The summed E-state index contributed by atoms with van der Waals surface area (Å²) in [6.07, 6.45) is 2.91. The second-order valence-corrected chi connectivity index (χ2v) is 5.90. The number of urea groups is 1. The predicted molar refractivity (Wildman–Crippen MR) is 89.0 cm³/mol. The molecule has 0 aromatic heterocycles. The molecule has 1 aromatic carbocycles. The molecule has 0 saturated carbocycles. The van der Waals surface area contributed by atoms with Gasteiger partial charge in [0.2, 0.25) is 0 Å². The van der Waals surface area contributed by atoms with Crippen molar-refractivity contribution in [1.82, 2.24) is 10.6 Å². The van der Waals surface area contributed by atoms with Crippen molar-refractivity contribution in [3.8, 4) is 0 Å². The van der Waals surface area contributed by atoms with E-state index in [0.29, 0.717) is 22.9 Å². The van der Waals surface area contributed by atoms with Crippen LogP contribution in [-0.4, -0.2) is 18.6 Å². The Morgan fingerprint density at radius 1 is 1.26 bits per heavy atom. The Labute approximate surface area is 141 Å². The average molecular weight is 337 g/mol. The standard InChI is InChI=1S/C17H21ClN2O3/c1-3-4-5-10-23-16(21)14-11(2)19-17(22)20-15(14)12-6-8-13(18)9-7-12/h6-9,15H,3-5,10H2,1-2H3,(H2,19,20,22)/t15-/m0/s1. The van der Waals surface area contributed by atoms with Crippen molar-refractivity contribution >= 4 is 23.6 Å². The first-order valence-corrected chi connectivity index (χ1v) is 8.11. The van der Waals surface area contributed by atoms with Crippen molar-refractivity contribution in [1.29, 1.82) is 0 Å². The van der Waals surface area contributed by atoms with Gasteiger partial charge in [0, 0.05) is 10.7 Å². The summed E-state index contributed by atoms with van der Waals surface area (Å²) in [6, 6.07) is 6.14. The number of nitrogens with one attached hydrogen (secondary N) is 2. The van der Waals surface area contributed by atoms with Gasteiger partial charge >= 0.3 is 12.0 Å². The Hall–Kier alpha value is -2.01. The second kappa shape index (κ2) is 8.02. The Bertz CT molecular complexity index is 611. The van der Waals surface area contributed by atoms with E-state index in [9.17, 15) is 9.59 Å². The molecule has 6 heteroatoms. The number of halogens is 1. The molecule has 1 heterocycles. The normalized spacial score (nSPS) is 17.5. The van der Waals surface area contributed by atoms with E-state index in [-0.39, 0.29) is 6.03 Å². The van der Waals surface area contributed by atoms with E-state index >= 15 is 0 Å². The van der Waals surface area contributed by atoms with Crippen molar-refractivity contribution in [2.75, 3.05) is 6.61 Å². The molecule has 2 N–H and O–H groups in total. The summed E-state index contributed by atoms with van der Waals surface area (Å²) in [4.78, 5) is 24.2. The lowest BCUT2D eigenvalue weighted by molar-refractivity contribution is -0.139. The zero-order valence-corrected chi connectivity index (χ0v) is 14.1. The molecule has 0 bridgehead atoms. The van der Waals surface area contributed by atoms with Crippen LogP contribution in [0.15, 0.2) is 35.5 Å². The molecule has 1 aliphatic heterocycles. The minimum atomic E-state index is -0.542. The maximum atomic E-state index is 12.4. The van der Waals surface area contributed by atoms with Gasteiger partial charge in [0.25, 0.3) is 0 Å². The van der Waals surface area contributed by atoms with E-state index in [2.05, 4.69) is 17.6 Å². The maximum Gasteiger partial charge on any atom is 0.338 e. The van der Waals surface area contributed by atoms with Crippen molar-refractivity contribution in [3.63, 3.8) is 0 Å². The highest BCUT2D eigenvalue weighted by Crippen LogP contribution is 2.28. The van der Waals surface area contributed by atoms with Crippen LogP contribution in [0.2, 0.25) is 5.02 Å². The fourth-order valence-electron chi connectivity index (χ4n) is 2.46. The molecular formula is C17H21ClN2O3. The summed E-state index contributed by atoms with van der Waals surface area (Å²) >= 11 is 5.90. The van der Waals surface area contributed by atoms with Gasteiger partial charge in [-0.2, -0.15) is 0 Å². The minimum absolute atomic E-state index is 0.343. The Balaban J connectivity index is 2.20. The first-order chi connectivity index (χ1) is 11.0. The molecule has 5 nitrogen and oxygen atoms in total. The van der Waals surface area contributed by atoms with Gasteiger partial charge in [-0.05, 0) is 31.0 Å². The lowest BCUT2D eigenvalue weighted by Crippen LogP contribution is -2.45. The van der Waals surface area contributed by atoms with Gasteiger partial charge in [-0.1, -0.05) is 43.5 Å². The first kappa shape index (κ1) is 17.3. The van der Waals surface area contributed by atoms with Gasteiger partial charge < -0.3 is 15.4 Å². The van der Waals surface area contributed by atoms with Gasteiger partial charge in [-0.15, -0.1) is 0 Å². The summed E-state index contributed by atoms with van der Waals surface area (Å²) in [5.41, 5.74) is 1.71. The summed E-state index contributed by atoms with van der Waals surface area (Å²) in [7, 11) is 0. The van der Waals surface area contributed by atoms with E-state index in [4.69, 9.17) is 16.3 Å². The third-order valence-electron chi connectivity index (χ3n) is 3.67. The number of unbranched alkanes of at least 4 members (excludes halogenated alkanes) is 2. The molecule has 0 saturated heterocycles. The van der Waals surface area contributed by atoms with Crippen LogP contribution in [0.5, 0.6) is 0 Å². The number of esters is 1. The van der Waals surface area contributed by atoms with Crippen LogP contribution in [-0.2, 0) is 9.53 Å². The fraction of sp³-hybridized carbons (Fsp3) is 0.412. The quantitative estimate of drug-likeness (QED) is 0.614. The Kier molecular flexibility index (Phi) is 6.04. The largest absolute Gasteiger partial charge is 0.462 e. The number of amides is 2. The summed E-state index contributed by atoms with van der Waals surface area (Å²) in [5, 5.41) is 5.98. The van der Waals surface area contributed by atoms with Crippen LogP contribution in [0.1, 0.15) is 44.7 Å². The zero-order chi connectivity index (χ0) is 16.8. The van der Waals surface area contributed by atoms with Crippen molar-refractivity contribution < 1.29 is 14.3 Å². The highest BCUT2D eigenvalue weighted by atomic mass is 35.5. The minimum Gasteiger partial charge on any atom is -0.462 e. The number of hydrogen-bond acceptors (Lipinski definition) is 3. The molecule has 1 aliphatic rings. The summed E-state index contributed by atoms with van der Waals surface area (Å²) in [5.74, 6) is -0.411. The number of hydrogen-bond donors (Lipinski definition) is 2. The molecule has 0 unspecified atom stereocenters. The molecular weight excluding hydrogens is 316 g/mol. The van der Waals surface area contributed by atoms with Crippen molar-refractivity contribution in [2.45, 2.75) is 39.2 Å². The topological polar surface area (TPSA) is 67.4 Å². The Morgan fingerprint density at radius 2 is 1.96 bits per heavy atom. The number of carbonyl (C=O) groups is 2. The van der Waals surface area contributed by atoms with E-state index in [1.54, 1.807) is 31.2 Å². The number of carbonyl (C=O) groups excluding carboxylic acids is 2. The highest BCUT2D eigenvalue weighted by molar-refractivity contribution is 6.30. The van der Waals surface area contributed by atoms with Crippen molar-refractivity contribution in [3.05, 3.63) is 46.1 Å².